The van der Waals surface area contributed by atoms with E-state index in [9.17, 15) is 0 Å². The Hall–Kier alpha value is -6.26. The number of fused-ring (bicyclic) bond motifs is 16. The Morgan fingerprint density at radius 1 is 0.348 bits per heavy atom. The number of hydrogen-bond acceptors (Lipinski definition) is 1. The Morgan fingerprint density at radius 2 is 1.07 bits per heavy atom. The van der Waals surface area contributed by atoms with Gasteiger partial charge in [0.1, 0.15) is 11.2 Å². The zero-order chi connectivity index (χ0) is 29.7. The van der Waals surface area contributed by atoms with Crippen molar-refractivity contribution in [1.82, 2.24) is 13.4 Å². The summed E-state index contributed by atoms with van der Waals surface area (Å²) in [7, 11) is 0. The molecule has 0 saturated carbocycles. The summed E-state index contributed by atoms with van der Waals surface area (Å²) in [4.78, 5) is 0. The molecule has 212 valence electrons. The lowest BCUT2D eigenvalue weighted by molar-refractivity contribution is 0.669. The van der Waals surface area contributed by atoms with Gasteiger partial charge in [-0.2, -0.15) is 0 Å². The van der Waals surface area contributed by atoms with E-state index in [0.29, 0.717) is 0 Å². The summed E-state index contributed by atoms with van der Waals surface area (Å²) in [5.41, 5.74) is 12.8. The third kappa shape index (κ3) is 2.54. The number of nitrogens with zero attached hydrogens (tertiary/aromatic N) is 3. The third-order valence-electron chi connectivity index (χ3n) is 10.3. The first-order chi connectivity index (χ1) is 22.9. The van der Waals surface area contributed by atoms with E-state index in [-0.39, 0.29) is 0 Å². The van der Waals surface area contributed by atoms with E-state index in [4.69, 9.17) is 4.42 Å². The highest BCUT2D eigenvalue weighted by molar-refractivity contribution is 6.34. The van der Waals surface area contributed by atoms with E-state index in [1.165, 1.54) is 81.8 Å². The van der Waals surface area contributed by atoms with Crippen LogP contribution < -0.4 is 0 Å². The first kappa shape index (κ1) is 23.2. The maximum absolute atomic E-state index is 6.42. The van der Waals surface area contributed by atoms with Crippen LogP contribution in [0.3, 0.4) is 0 Å². The summed E-state index contributed by atoms with van der Waals surface area (Å²) in [5.74, 6) is 0. The van der Waals surface area contributed by atoms with Crippen LogP contribution in [0.2, 0.25) is 0 Å². The van der Waals surface area contributed by atoms with Gasteiger partial charge in [0.25, 0.3) is 0 Å². The van der Waals surface area contributed by atoms with Crippen LogP contribution in [0.4, 0.5) is 0 Å². The lowest BCUT2D eigenvalue weighted by Crippen LogP contribution is -1.98. The van der Waals surface area contributed by atoms with Crippen molar-refractivity contribution in [2.45, 2.75) is 0 Å². The summed E-state index contributed by atoms with van der Waals surface area (Å²) in [6, 6.07) is 50.6. The molecule has 0 atom stereocenters. The molecule has 0 aliphatic heterocycles. The van der Waals surface area contributed by atoms with Crippen molar-refractivity contribution in [2.24, 2.45) is 0 Å². The molecule has 4 nitrogen and oxygen atoms in total. The Kier molecular flexibility index (Phi) is 3.96. The molecule has 0 unspecified atom stereocenters. The summed E-state index contributed by atoms with van der Waals surface area (Å²) in [6.07, 6.45) is 0. The second-order valence-electron chi connectivity index (χ2n) is 12.5. The van der Waals surface area contributed by atoms with Crippen molar-refractivity contribution in [1.29, 1.82) is 0 Å². The first-order valence-corrected chi connectivity index (χ1v) is 15.8. The van der Waals surface area contributed by atoms with Crippen LogP contribution in [0.25, 0.3) is 104 Å². The average Bonchev–Trinajstić information content (AvgIpc) is 3.84. The van der Waals surface area contributed by atoms with Gasteiger partial charge in [-0.1, -0.05) is 84.9 Å². The van der Waals surface area contributed by atoms with Gasteiger partial charge in [0.2, 0.25) is 0 Å². The van der Waals surface area contributed by atoms with Crippen molar-refractivity contribution < 1.29 is 4.42 Å². The normalized spacial score (nSPS) is 12.8. The van der Waals surface area contributed by atoms with Gasteiger partial charge in [-0.05, 0) is 54.6 Å². The zero-order valence-corrected chi connectivity index (χ0v) is 24.5. The molecular weight excluding hydrogens is 562 g/mol. The molecule has 0 radical (unpaired) electrons. The van der Waals surface area contributed by atoms with Crippen LogP contribution in [-0.2, 0) is 0 Å². The molecule has 0 spiro atoms. The van der Waals surface area contributed by atoms with Gasteiger partial charge in [0.15, 0.2) is 0 Å². The fourth-order valence-corrected chi connectivity index (χ4v) is 8.63. The molecular formula is C42H23N3O. The number of benzene rings is 7. The predicted molar refractivity (Wildman–Crippen MR) is 191 cm³/mol. The van der Waals surface area contributed by atoms with Crippen LogP contribution in [0.1, 0.15) is 0 Å². The molecule has 0 fully saturated rings. The van der Waals surface area contributed by atoms with E-state index in [2.05, 4.69) is 153 Å². The number of aromatic nitrogens is 3. The molecule has 4 heteroatoms. The minimum Gasteiger partial charge on any atom is -0.456 e. The van der Waals surface area contributed by atoms with Gasteiger partial charge in [-0.15, -0.1) is 0 Å². The average molecular weight is 586 g/mol. The summed E-state index contributed by atoms with van der Waals surface area (Å²) in [5, 5.41) is 9.86. The second kappa shape index (κ2) is 7.87. The Labute approximate surface area is 260 Å². The van der Waals surface area contributed by atoms with Gasteiger partial charge in [0.05, 0.1) is 44.1 Å². The first-order valence-electron chi connectivity index (χ1n) is 15.8. The zero-order valence-electron chi connectivity index (χ0n) is 24.5. The maximum atomic E-state index is 6.42. The largest absolute Gasteiger partial charge is 0.456 e. The molecule has 5 aromatic heterocycles. The highest BCUT2D eigenvalue weighted by Crippen LogP contribution is 2.48. The van der Waals surface area contributed by atoms with E-state index >= 15 is 0 Å². The maximum Gasteiger partial charge on any atom is 0.136 e. The van der Waals surface area contributed by atoms with Crippen molar-refractivity contribution in [2.75, 3.05) is 0 Å². The van der Waals surface area contributed by atoms with E-state index < -0.39 is 0 Å². The quantitative estimate of drug-likeness (QED) is 0.176. The Morgan fingerprint density at radius 3 is 1.96 bits per heavy atom. The lowest BCUT2D eigenvalue weighted by atomic mass is 10.1. The summed E-state index contributed by atoms with van der Waals surface area (Å²) >= 11 is 0. The third-order valence-corrected chi connectivity index (χ3v) is 10.3. The molecule has 12 aromatic rings. The van der Waals surface area contributed by atoms with Crippen LogP contribution in [0, 0.1) is 0 Å². The van der Waals surface area contributed by atoms with Crippen LogP contribution in [0.15, 0.2) is 144 Å². The fraction of sp³-hybridized carbons (Fsp3) is 0. The summed E-state index contributed by atoms with van der Waals surface area (Å²) < 4.78 is 13.9. The van der Waals surface area contributed by atoms with Crippen LogP contribution >= 0.6 is 0 Å². The van der Waals surface area contributed by atoms with Crippen molar-refractivity contribution >= 4 is 98.4 Å². The molecule has 0 amide bonds. The van der Waals surface area contributed by atoms with E-state index in [1.54, 1.807) is 0 Å². The molecule has 0 aliphatic rings. The molecule has 12 rings (SSSR count). The van der Waals surface area contributed by atoms with Crippen molar-refractivity contribution in [3.05, 3.63) is 140 Å². The molecule has 0 aliphatic carbocycles. The molecule has 0 N–H and O–H groups in total. The smallest absolute Gasteiger partial charge is 0.136 e. The molecule has 46 heavy (non-hydrogen) atoms. The monoisotopic (exact) mass is 585 g/mol. The SMILES string of the molecule is c1ccc(-n2c3ccccc3c3c2cc2c4ccccc4n4c5cccc6c7c8c(ccc7n(c65)c3c24)oc2ccccc28)cc1. The minimum atomic E-state index is 0.921. The fourth-order valence-electron chi connectivity index (χ4n) is 8.63. The number of furan rings is 1. The van der Waals surface area contributed by atoms with E-state index in [1.807, 2.05) is 0 Å². The van der Waals surface area contributed by atoms with Crippen molar-refractivity contribution in [3.63, 3.8) is 0 Å². The molecule has 7 aromatic carbocycles. The van der Waals surface area contributed by atoms with Crippen LogP contribution in [0.5, 0.6) is 0 Å². The Bertz CT molecular complexity index is 3240. The van der Waals surface area contributed by atoms with Gasteiger partial charge in [-0.3, -0.25) is 0 Å². The minimum absolute atomic E-state index is 0.921. The standard InChI is InChI=1S/C42H23N3O/c1-2-11-24(12-3-1)43-31-18-8-5-14-26(31)38-34(43)23-29-25-13-4-7-17-30(25)44-33-19-10-16-28-37-32(45(40(28)33)42(38)41(29)44)21-22-36-39(37)27-15-6-9-20-35(27)46-36/h1-23H. The molecule has 5 heterocycles. The van der Waals surface area contributed by atoms with Gasteiger partial charge in [0, 0.05) is 48.8 Å². The van der Waals surface area contributed by atoms with Gasteiger partial charge in [-0.25, -0.2) is 0 Å². The summed E-state index contributed by atoms with van der Waals surface area (Å²) in [6.45, 7) is 0. The van der Waals surface area contributed by atoms with Crippen molar-refractivity contribution in [3.8, 4) is 5.69 Å². The van der Waals surface area contributed by atoms with Crippen LogP contribution in [-0.4, -0.2) is 13.4 Å². The predicted octanol–water partition coefficient (Wildman–Crippen LogP) is 11.2. The topological polar surface area (TPSA) is 26.9 Å². The molecule has 0 saturated heterocycles. The highest BCUT2D eigenvalue weighted by Gasteiger charge is 2.26. The molecule has 0 bridgehead atoms. The highest BCUT2D eigenvalue weighted by atomic mass is 16.3. The number of rotatable bonds is 1. The lowest BCUT2D eigenvalue weighted by Gasteiger charge is -2.13. The van der Waals surface area contributed by atoms with E-state index in [0.717, 1.165) is 22.2 Å². The van der Waals surface area contributed by atoms with Gasteiger partial charge < -0.3 is 17.8 Å². The second-order valence-corrected chi connectivity index (χ2v) is 12.5. The number of hydrogen-bond donors (Lipinski definition) is 0. The Balaban J connectivity index is 1.48. The number of para-hydroxylation sites is 5. The van der Waals surface area contributed by atoms with Gasteiger partial charge >= 0.3 is 0 Å².